The molecule has 6 nitrogen and oxygen atoms in total. The second kappa shape index (κ2) is 18.6. The number of benzene rings is 7. The van der Waals surface area contributed by atoms with Crippen LogP contribution in [0.4, 0.5) is 0 Å². The third kappa shape index (κ3) is 10.3. The molecular weight excluding hydrogens is 675 g/mol. The minimum absolute atomic E-state index is 0.0210. The van der Waals surface area contributed by atoms with Crippen molar-refractivity contribution in [2.24, 2.45) is 22.2 Å². The first-order valence-electron chi connectivity index (χ1n) is 18.2. The molecule has 1 heterocycles. The van der Waals surface area contributed by atoms with Gasteiger partial charge >= 0.3 is 0 Å². The number of rotatable bonds is 8. The number of amidine groups is 2. The van der Waals surface area contributed by atoms with Gasteiger partial charge in [-0.25, -0.2) is 4.99 Å². The maximum absolute atomic E-state index is 7.77. The number of hydrogen-bond donors (Lipinski definition) is 4. The number of nitrogens with zero attached hydrogens (tertiary/aromatic N) is 1. The molecule has 0 amide bonds. The number of allylic oxidation sites excluding steroid dienone is 1. The molecule has 7 N–H and O–H groups in total. The van der Waals surface area contributed by atoms with Gasteiger partial charge in [-0.2, -0.15) is 0 Å². The number of nitrogens with one attached hydrogen (secondary N) is 1. The van der Waals surface area contributed by atoms with E-state index < -0.39 is 0 Å². The highest BCUT2D eigenvalue weighted by atomic mass is 16.3. The molecule has 0 saturated heterocycles. The van der Waals surface area contributed by atoms with Crippen LogP contribution in [0.25, 0.3) is 38.8 Å². The number of aryl methyl sites for hydroxylation is 1. The van der Waals surface area contributed by atoms with E-state index in [0.29, 0.717) is 24.4 Å². The molecule has 1 aromatic heterocycles. The van der Waals surface area contributed by atoms with Crippen LogP contribution in [0, 0.1) is 12.3 Å². The lowest BCUT2D eigenvalue weighted by atomic mass is 10.0. The molecule has 6 heteroatoms. The van der Waals surface area contributed by atoms with Crippen molar-refractivity contribution in [1.29, 1.82) is 5.41 Å². The molecule has 0 saturated carbocycles. The fraction of sp³-hybridized carbons (Fsp3) is 0.0612. The van der Waals surface area contributed by atoms with Crippen molar-refractivity contribution in [1.82, 2.24) is 0 Å². The number of fused-ring (bicyclic) bond motifs is 3. The summed E-state index contributed by atoms with van der Waals surface area (Å²) in [6.45, 7) is 2.72. The van der Waals surface area contributed by atoms with Crippen molar-refractivity contribution in [3.8, 4) is 11.1 Å². The van der Waals surface area contributed by atoms with Crippen molar-refractivity contribution < 1.29 is 4.42 Å². The molecule has 8 aromatic rings. The zero-order chi connectivity index (χ0) is 38.4. The van der Waals surface area contributed by atoms with Gasteiger partial charge in [-0.05, 0) is 59.4 Å². The first-order valence-corrected chi connectivity index (χ1v) is 18.2. The van der Waals surface area contributed by atoms with Gasteiger partial charge in [0.2, 0.25) is 0 Å². The van der Waals surface area contributed by atoms with E-state index in [0.717, 1.165) is 28.0 Å². The Hall–Kier alpha value is -7.02. The van der Waals surface area contributed by atoms with Crippen molar-refractivity contribution in [2.75, 3.05) is 0 Å². The van der Waals surface area contributed by atoms with Gasteiger partial charge in [0.25, 0.3) is 0 Å². The maximum Gasteiger partial charge on any atom is 0.135 e. The quantitative estimate of drug-likeness (QED) is 0.0920. The molecule has 7 aromatic carbocycles. The van der Waals surface area contributed by atoms with Gasteiger partial charge in [-0.1, -0.05) is 170 Å². The Balaban J connectivity index is 0.000000188. The standard InChI is InChI=1S/C29H26N4.C13H10O.C7H9N/c30-28(31)26-13-7-12-25(20-26)27(33-29(32)24-10-5-2-6-11-24)19-16-21-14-17-23(18-15-21)22-8-3-1-4-9-22;1-9-6-7-11-10-4-2-3-5-12(10)14-13(11)8-9;8-6-7-4-2-1-3-5-7/h1-15,17-20H,16H2,(H3,30,31)(H2,32,33);2-8H,1H3;1-5H,6,8H2/b27-19-;;. The monoisotopic (exact) mass is 719 g/mol. The van der Waals surface area contributed by atoms with E-state index in [1.165, 1.54) is 38.6 Å². The SMILES string of the molecule is Cc1ccc2c(c1)oc1ccccc12.N=C(N)c1cccc(/C(=C/Cc2ccc(-c3ccccc3)cc2)N=C(N)c2ccccc2)c1.NCc1ccccc1. The van der Waals surface area contributed by atoms with E-state index in [1.54, 1.807) is 0 Å². The number of aliphatic imine (C=N–C) groups is 1. The van der Waals surface area contributed by atoms with Crippen LogP contribution in [0.2, 0.25) is 0 Å². The summed E-state index contributed by atoms with van der Waals surface area (Å²) in [7, 11) is 0. The average Bonchev–Trinajstić information content (AvgIpc) is 3.61. The topological polar surface area (TPSA) is 127 Å². The summed E-state index contributed by atoms with van der Waals surface area (Å²) < 4.78 is 5.73. The van der Waals surface area contributed by atoms with E-state index in [1.807, 2.05) is 121 Å². The van der Waals surface area contributed by atoms with Gasteiger partial charge in [0.1, 0.15) is 22.8 Å². The number of hydrogen-bond acceptors (Lipinski definition) is 4. The van der Waals surface area contributed by atoms with E-state index in [4.69, 9.17) is 32.0 Å². The van der Waals surface area contributed by atoms with E-state index >= 15 is 0 Å². The van der Waals surface area contributed by atoms with Crippen LogP contribution in [-0.4, -0.2) is 11.7 Å². The smallest absolute Gasteiger partial charge is 0.135 e. The molecule has 0 unspecified atom stereocenters. The highest BCUT2D eigenvalue weighted by molar-refractivity contribution is 6.05. The Morgan fingerprint density at radius 1 is 0.564 bits per heavy atom. The third-order valence-corrected chi connectivity index (χ3v) is 8.98. The highest BCUT2D eigenvalue weighted by Gasteiger charge is 2.07. The summed E-state index contributed by atoms with van der Waals surface area (Å²) in [4.78, 5) is 4.74. The Bertz CT molecular complexity index is 2520. The van der Waals surface area contributed by atoms with Gasteiger partial charge in [0.05, 0.1) is 5.70 Å². The van der Waals surface area contributed by atoms with E-state index in [2.05, 4.69) is 73.7 Å². The molecule has 8 rings (SSSR count). The molecule has 0 bridgehead atoms. The summed E-state index contributed by atoms with van der Waals surface area (Å²) in [5.41, 5.74) is 28.4. The normalized spacial score (nSPS) is 11.3. The maximum atomic E-state index is 7.77. The van der Waals surface area contributed by atoms with Gasteiger partial charge in [0.15, 0.2) is 0 Å². The molecule has 0 aliphatic heterocycles. The third-order valence-electron chi connectivity index (χ3n) is 8.98. The first kappa shape index (κ1) is 37.7. The number of nitrogen functional groups attached to an aromatic ring is 1. The van der Waals surface area contributed by atoms with Crippen LogP contribution in [-0.2, 0) is 13.0 Å². The minimum Gasteiger partial charge on any atom is -0.456 e. The molecule has 0 radical (unpaired) electrons. The molecule has 0 atom stereocenters. The molecule has 0 fully saturated rings. The molecular formula is C49H45N5O. The van der Waals surface area contributed by atoms with Gasteiger partial charge in [-0.3, -0.25) is 5.41 Å². The number of nitrogens with two attached hydrogens (primary N) is 3. The first-order chi connectivity index (χ1) is 26.9. The zero-order valence-corrected chi connectivity index (χ0v) is 30.9. The lowest BCUT2D eigenvalue weighted by Gasteiger charge is -2.08. The fourth-order valence-corrected chi connectivity index (χ4v) is 6.00. The predicted molar refractivity (Wildman–Crippen MR) is 231 cm³/mol. The Labute approximate surface area is 322 Å². The van der Waals surface area contributed by atoms with Crippen molar-refractivity contribution in [3.63, 3.8) is 0 Å². The average molecular weight is 720 g/mol. The van der Waals surface area contributed by atoms with E-state index in [9.17, 15) is 0 Å². The van der Waals surface area contributed by atoms with Crippen LogP contribution in [0.3, 0.4) is 0 Å². The lowest BCUT2D eigenvalue weighted by Crippen LogP contribution is -2.13. The van der Waals surface area contributed by atoms with E-state index in [-0.39, 0.29) is 5.84 Å². The summed E-state index contributed by atoms with van der Waals surface area (Å²) in [5, 5.41) is 10.2. The molecule has 0 aliphatic carbocycles. The predicted octanol–water partition coefficient (Wildman–Crippen LogP) is 10.7. The van der Waals surface area contributed by atoms with Crippen LogP contribution >= 0.6 is 0 Å². The summed E-state index contributed by atoms with van der Waals surface area (Å²) in [6, 6.07) is 60.5. The largest absolute Gasteiger partial charge is 0.456 e. The Kier molecular flexibility index (Phi) is 12.8. The van der Waals surface area contributed by atoms with Crippen molar-refractivity contribution in [3.05, 3.63) is 221 Å². The van der Waals surface area contributed by atoms with Gasteiger partial charge < -0.3 is 21.6 Å². The van der Waals surface area contributed by atoms with Gasteiger partial charge in [0, 0.05) is 34.0 Å². The summed E-state index contributed by atoms with van der Waals surface area (Å²) >= 11 is 0. The second-order valence-corrected chi connectivity index (χ2v) is 13.0. The van der Waals surface area contributed by atoms with Crippen LogP contribution in [0.5, 0.6) is 0 Å². The van der Waals surface area contributed by atoms with Crippen molar-refractivity contribution >= 4 is 39.3 Å². The Morgan fingerprint density at radius 2 is 1.15 bits per heavy atom. The summed E-state index contributed by atoms with van der Waals surface area (Å²) in [6.07, 6.45) is 2.76. The van der Waals surface area contributed by atoms with Crippen LogP contribution < -0.4 is 17.2 Å². The fourth-order valence-electron chi connectivity index (χ4n) is 6.00. The molecule has 272 valence electrons. The Morgan fingerprint density at radius 3 is 1.82 bits per heavy atom. The highest BCUT2D eigenvalue weighted by Crippen LogP contribution is 2.29. The zero-order valence-electron chi connectivity index (χ0n) is 30.9. The van der Waals surface area contributed by atoms with Gasteiger partial charge in [-0.15, -0.1) is 0 Å². The lowest BCUT2D eigenvalue weighted by molar-refractivity contribution is 0.668. The van der Waals surface area contributed by atoms with Crippen molar-refractivity contribution in [2.45, 2.75) is 19.9 Å². The van der Waals surface area contributed by atoms with Crippen LogP contribution in [0.1, 0.15) is 33.4 Å². The summed E-state index contributed by atoms with van der Waals surface area (Å²) in [5.74, 6) is 0.460. The molecule has 0 aliphatic rings. The van der Waals surface area contributed by atoms with Crippen LogP contribution in [0.15, 0.2) is 197 Å². The minimum atomic E-state index is 0.0210. The second-order valence-electron chi connectivity index (χ2n) is 13.0. The number of furan rings is 1. The number of para-hydroxylation sites is 1. The molecule has 55 heavy (non-hydrogen) atoms. The molecule has 0 spiro atoms.